The summed E-state index contributed by atoms with van der Waals surface area (Å²) in [6.45, 7) is 0.542. The highest BCUT2D eigenvalue weighted by Crippen LogP contribution is 2.25. The fourth-order valence-electron chi connectivity index (χ4n) is 1.22. The van der Waals surface area contributed by atoms with Gasteiger partial charge in [-0.2, -0.15) is 0 Å². The van der Waals surface area contributed by atoms with Crippen LogP contribution in [-0.4, -0.2) is 11.7 Å². The van der Waals surface area contributed by atoms with E-state index in [2.05, 4.69) is 0 Å². The van der Waals surface area contributed by atoms with Crippen LogP contribution in [0, 0.1) is 0 Å². The van der Waals surface area contributed by atoms with Crippen molar-refractivity contribution in [2.45, 2.75) is 0 Å². The molecular weight excluding hydrogens is 164 g/mol. The molecule has 1 aromatic rings. The van der Waals surface area contributed by atoms with Crippen LogP contribution in [0.2, 0.25) is 0 Å². The minimum Gasteiger partial charge on any atom is -0.508 e. The van der Waals surface area contributed by atoms with E-state index in [0.717, 1.165) is 11.3 Å². The summed E-state index contributed by atoms with van der Waals surface area (Å²) in [6, 6.07) is 5.11. The molecule has 1 N–H and O–H groups in total. The van der Waals surface area contributed by atoms with Crippen LogP contribution in [0.1, 0.15) is 5.56 Å². The highest BCUT2D eigenvalue weighted by Gasteiger charge is 2.02. The fourth-order valence-corrected chi connectivity index (χ4v) is 1.22. The van der Waals surface area contributed by atoms with Crippen LogP contribution in [0.3, 0.4) is 0 Å². The van der Waals surface area contributed by atoms with E-state index in [1.165, 1.54) is 0 Å². The largest absolute Gasteiger partial charge is 0.508 e. The Morgan fingerprint density at radius 2 is 2.15 bits per heavy atom. The molecular formula is C11H10O2. The van der Waals surface area contributed by atoms with E-state index in [-0.39, 0.29) is 5.75 Å². The van der Waals surface area contributed by atoms with Gasteiger partial charge in [0.25, 0.3) is 0 Å². The minimum atomic E-state index is 0.233. The summed E-state index contributed by atoms with van der Waals surface area (Å²) in [4.78, 5) is 0. The topological polar surface area (TPSA) is 29.5 Å². The van der Waals surface area contributed by atoms with Gasteiger partial charge in [0.1, 0.15) is 18.1 Å². The van der Waals surface area contributed by atoms with Gasteiger partial charge in [0.05, 0.1) is 0 Å². The van der Waals surface area contributed by atoms with Crippen molar-refractivity contribution in [3.63, 3.8) is 0 Å². The first-order valence-electron chi connectivity index (χ1n) is 4.15. The summed E-state index contributed by atoms with van der Waals surface area (Å²) >= 11 is 0. The van der Waals surface area contributed by atoms with E-state index in [1.54, 1.807) is 12.1 Å². The number of hydrogen-bond acceptors (Lipinski definition) is 2. The minimum absolute atomic E-state index is 0.233. The number of rotatable bonds is 0. The summed E-state index contributed by atoms with van der Waals surface area (Å²) in [5, 5.41) is 9.23. The summed E-state index contributed by atoms with van der Waals surface area (Å²) < 4.78 is 5.41. The van der Waals surface area contributed by atoms with Gasteiger partial charge in [-0.1, -0.05) is 18.2 Å². The van der Waals surface area contributed by atoms with Gasteiger partial charge in [-0.3, -0.25) is 0 Å². The highest BCUT2D eigenvalue weighted by atomic mass is 16.5. The van der Waals surface area contributed by atoms with Crippen molar-refractivity contribution >= 4 is 6.08 Å². The van der Waals surface area contributed by atoms with E-state index in [0.29, 0.717) is 6.61 Å². The van der Waals surface area contributed by atoms with Crippen molar-refractivity contribution < 1.29 is 9.84 Å². The monoisotopic (exact) mass is 174 g/mol. The summed E-state index contributed by atoms with van der Waals surface area (Å²) in [6.07, 6.45) is 7.77. The van der Waals surface area contributed by atoms with Gasteiger partial charge in [0, 0.05) is 11.6 Å². The molecule has 0 saturated heterocycles. The van der Waals surface area contributed by atoms with Crippen LogP contribution in [0.15, 0.2) is 36.4 Å². The molecule has 0 aliphatic carbocycles. The molecule has 66 valence electrons. The van der Waals surface area contributed by atoms with Crippen LogP contribution in [0.4, 0.5) is 0 Å². The first-order valence-corrected chi connectivity index (χ1v) is 4.15. The van der Waals surface area contributed by atoms with Gasteiger partial charge < -0.3 is 9.84 Å². The maximum absolute atomic E-state index is 9.23. The number of phenolic OH excluding ortho intramolecular Hbond substituents is 1. The molecule has 1 aliphatic heterocycles. The van der Waals surface area contributed by atoms with Crippen molar-refractivity contribution in [2.24, 2.45) is 0 Å². The van der Waals surface area contributed by atoms with Crippen molar-refractivity contribution in [3.8, 4) is 11.5 Å². The van der Waals surface area contributed by atoms with Gasteiger partial charge in [-0.15, -0.1) is 0 Å². The smallest absolute Gasteiger partial charge is 0.130 e. The lowest BCUT2D eigenvalue weighted by atomic mass is 10.1. The number of benzene rings is 1. The molecule has 0 radical (unpaired) electrons. The maximum atomic E-state index is 9.23. The molecule has 1 heterocycles. The van der Waals surface area contributed by atoms with Gasteiger partial charge >= 0.3 is 0 Å². The van der Waals surface area contributed by atoms with E-state index in [9.17, 15) is 5.11 Å². The Balaban J connectivity index is 2.45. The molecule has 0 bridgehead atoms. The van der Waals surface area contributed by atoms with Crippen LogP contribution in [-0.2, 0) is 0 Å². The number of allylic oxidation sites excluding steroid dienone is 2. The maximum Gasteiger partial charge on any atom is 0.130 e. The standard InChI is InChI=1S/C11H10O2/c12-10-6-5-9-4-2-1-3-7-13-11(9)8-10/h1-6,8,12H,7H2. The van der Waals surface area contributed by atoms with Crippen LogP contribution in [0.5, 0.6) is 11.5 Å². The van der Waals surface area contributed by atoms with Crippen LogP contribution >= 0.6 is 0 Å². The Bertz CT molecular complexity index is 364. The predicted octanol–water partition coefficient (Wildman–Crippen LogP) is 2.35. The fraction of sp³-hybridized carbons (Fsp3) is 0.0909. The summed E-state index contributed by atoms with van der Waals surface area (Å²) in [5.74, 6) is 0.956. The third-order valence-electron chi connectivity index (χ3n) is 1.86. The first-order chi connectivity index (χ1) is 6.36. The Morgan fingerprint density at radius 3 is 3.08 bits per heavy atom. The Labute approximate surface area is 76.8 Å². The number of ether oxygens (including phenoxy) is 1. The number of phenols is 1. The van der Waals surface area contributed by atoms with Gasteiger partial charge in [0.15, 0.2) is 0 Å². The second-order valence-electron chi connectivity index (χ2n) is 2.82. The van der Waals surface area contributed by atoms with E-state index < -0.39 is 0 Å². The van der Waals surface area contributed by atoms with E-state index in [4.69, 9.17) is 4.74 Å². The normalized spacial score (nSPS) is 14.2. The molecule has 0 fully saturated rings. The molecule has 0 atom stereocenters. The van der Waals surface area contributed by atoms with Gasteiger partial charge in [-0.05, 0) is 18.2 Å². The van der Waals surface area contributed by atoms with Crippen molar-refractivity contribution in [1.29, 1.82) is 0 Å². The van der Waals surface area contributed by atoms with Crippen molar-refractivity contribution in [1.82, 2.24) is 0 Å². The number of hydrogen-bond donors (Lipinski definition) is 1. The third kappa shape index (κ3) is 1.72. The zero-order chi connectivity index (χ0) is 9.10. The molecule has 0 unspecified atom stereocenters. The van der Waals surface area contributed by atoms with Crippen LogP contribution in [0.25, 0.3) is 6.08 Å². The molecule has 0 amide bonds. The first kappa shape index (κ1) is 7.92. The number of aromatic hydroxyl groups is 1. The molecule has 2 heteroatoms. The molecule has 0 aromatic heterocycles. The Hall–Kier alpha value is -1.70. The highest BCUT2D eigenvalue weighted by molar-refractivity contribution is 5.60. The average Bonchev–Trinajstić information content (AvgIpc) is 2.08. The lowest BCUT2D eigenvalue weighted by Crippen LogP contribution is -1.96. The quantitative estimate of drug-likeness (QED) is 0.654. The molecule has 13 heavy (non-hydrogen) atoms. The summed E-state index contributed by atoms with van der Waals surface area (Å²) in [5.41, 5.74) is 0.988. The lowest BCUT2D eigenvalue weighted by molar-refractivity contribution is 0.358. The average molecular weight is 174 g/mol. The molecule has 2 rings (SSSR count). The Kier molecular flexibility index (Phi) is 2.04. The second kappa shape index (κ2) is 3.35. The van der Waals surface area contributed by atoms with E-state index in [1.807, 2.05) is 30.4 Å². The van der Waals surface area contributed by atoms with Gasteiger partial charge in [-0.25, -0.2) is 0 Å². The Morgan fingerprint density at radius 1 is 1.23 bits per heavy atom. The molecule has 0 saturated carbocycles. The molecule has 1 aromatic carbocycles. The molecule has 0 spiro atoms. The molecule has 2 nitrogen and oxygen atoms in total. The van der Waals surface area contributed by atoms with Crippen molar-refractivity contribution in [2.75, 3.05) is 6.61 Å². The van der Waals surface area contributed by atoms with Crippen molar-refractivity contribution in [3.05, 3.63) is 42.0 Å². The zero-order valence-electron chi connectivity index (χ0n) is 7.10. The number of fused-ring (bicyclic) bond motifs is 1. The second-order valence-corrected chi connectivity index (χ2v) is 2.82. The zero-order valence-corrected chi connectivity index (χ0v) is 7.10. The predicted molar refractivity (Wildman–Crippen MR) is 51.8 cm³/mol. The summed E-state index contributed by atoms with van der Waals surface area (Å²) in [7, 11) is 0. The SMILES string of the molecule is Oc1ccc2c(c1)OCC=CC=C2. The van der Waals surface area contributed by atoms with E-state index >= 15 is 0 Å². The molecule has 1 aliphatic rings. The van der Waals surface area contributed by atoms with Gasteiger partial charge in [0.2, 0.25) is 0 Å². The third-order valence-corrected chi connectivity index (χ3v) is 1.86. The van der Waals surface area contributed by atoms with Crippen LogP contribution < -0.4 is 4.74 Å². The lowest BCUT2D eigenvalue weighted by Gasteiger charge is -2.08.